The first-order valence-corrected chi connectivity index (χ1v) is 11.5. The highest BCUT2D eigenvalue weighted by Gasteiger charge is 2.29. The van der Waals surface area contributed by atoms with Crippen LogP contribution in [-0.4, -0.2) is 31.8 Å². The van der Waals surface area contributed by atoms with Crippen LogP contribution < -0.4 is 4.72 Å². The van der Waals surface area contributed by atoms with Crippen molar-refractivity contribution in [3.8, 4) is 0 Å². The number of nitrogens with one attached hydrogen (secondary N) is 1. The molecule has 1 aliphatic rings. The van der Waals surface area contributed by atoms with Crippen LogP contribution in [0.15, 0.2) is 89.8 Å². The molecular formula is C24H24N2O3S. The Hall–Kier alpha value is -3.12. The van der Waals surface area contributed by atoms with Gasteiger partial charge in [0, 0.05) is 23.8 Å². The SMILES string of the molecule is O=C(c1cccc(NS(=O)(=O)c2ccccc2)c1)N1CCCC1Cc1ccccc1. The van der Waals surface area contributed by atoms with E-state index in [1.807, 2.05) is 23.1 Å². The molecule has 1 unspecified atom stereocenters. The number of amides is 1. The molecular weight excluding hydrogens is 396 g/mol. The zero-order chi connectivity index (χ0) is 21.0. The van der Waals surface area contributed by atoms with E-state index in [2.05, 4.69) is 16.9 Å². The molecule has 4 rings (SSSR count). The number of sulfonamides is 1. The molecule has 0 aromatic heterocycles. The summed E-state index contributed by atoms with van der Waals surface area (Å²) >= 11 is 0. The standard InChI is InChI=1S/C24H24N2O3S/c27-24(26-16-8-13-22(26)17-19-9-3-1-4-10-19)20-11-7-12-21(18-20)25-30(28,29)23-14-5-2-6-15-23/h1-7,9-12,14-15,18,22,25H,8,13,16-17H2. The van der Waals surface area contributed by atoms with Crippen molar-refractivity contribution in [2.45, 2.75) is 30.2 Å². The third-order valence-electron chi connectivity index (χ3n) is 5.37. The third kappa shape index (κ3) is 4.54. The Morgan fingerprint density at radius 1 is 0.933 bits per heavy atom. The maximum Gasteiger partial charge on any atom is 0.261 e. The second-order valence-electron chi connectivity index (χ2n) is 7.48. The molecule has 3 aromatic rings. The molecule has 154 valence electrons. The molecule has 5 nitrogen and oxygen atoms in total. The number of anilines is 1. The highest BCUT2D eigenvalue weighted by molar-refractivity contribution is 7.92. The maximum atomic E-state index is 13.2. The number of benzene rings is 3. The van der Waals surface area contributed by atoms with Crippen molar-refractivity contribution in [3.63, 3.8) is 0 Å². The summed E-state index contributed by atoms with van der Waals surface area (Å²) in [5.41, 5.74) is 2.08. The van der Waals surface area contributed by atoms with E-state index in [0.29, 0.717) is 11.3 Å². The van der Waals surface area contributed by atoms with Gasteiger partial charge in [0.2, 0.25) is 0 Å². The lowest BCUT2D eigenvalue weighted by molar-refractivity contribution is 0.0736. The van der Waals surface area contributed by atoms with Gasteiger partial charge in [-0.05, 0) is 55.2 Å². The monoisotopic (exact) mass is 420 g/mol. The molecule has 1 N–H and O–H groups in total. The zero-order valence-corrected chi connectivity index (χ0v) is 17.4. The van der Waals surface area contributed by atoms with Crippen LogP contribution in [0, 0.1) is 0 Å². The fraction of sp³-hybridized carbons (Fsp3) is 0.208. The van der Waals surface area contributed by atoms with E-state index in [0.717, 1.165) is 25.8 Å². The first-order chi connectivity index (χ1) is 14.5. The van der Waals surface area contributed by atoms with Gasteiger partial charge < -0.3 is 4.90 Å². The number of hydrogen-bond donors (Lipinski definition) is 1. The van der Waals surface area contributed by atoms with Gasteiger partial charge in [0.05, 0.1) is 4.90 Å². The van der Waals surface area contributed by atoms with Gasteiger partial charge in [-0.25, -0.2) is 8.42 Å². The van der Waals surface area contributed by atoms with E-state index in [1.54, 1.807) is 42.5 Å². The van der Waals surface area contributed by atoms with Gasteiger partial charge in [-0.15, -0.1) is 0 Å². The molecule has 1 fully saturated rings. The van der Waals surface area contributed by atoms with E-state index in [-0.39, 0.29) is 16.8 Å². The van der Waals surface area contributed by atoms with E-state index in [1.165, 1.54) is 17.7 Å². The summed E-state index contributed by atoms with van der Waals surface area (Å²) in [4.78, 5) is 15.3. The minimum absolute atomic E-state index is 0.0609. The summed E-state index contributed by atoms with van der Waals surface area (Å²) in [6.07, 6.45) is 2.78. The van der Waals surface area contributed by atoms with Gasteiger partial charge in [0.25, 0.3) is 15.9 Å². The number of rotatable bonds is 6. The Morgan fingerprint density at radius 3 is 2.37 bits per heavy atom. The molecule has 0 bridgehead atoms. The molecule has 1 amide bonds. The molecule has 3 aromatic carbocycles. The van der Waals surface area contributed by atoms with Crippen LogP contribution in [0.3, 0.4) is 0 Å². The molecule has 0 aliphatic carbocycles. The van der Waals surface area contributed by atoms with Gasteiger partial charge in [0.15, 0.2) is 0 Å². The van der Waals surface area contributed by atoms with Crippen LogP contribution in [0.2, 0.25) is 0 Å². The summed E-state index contributed by atoms with van der Waals surface area (Å²) in [5.74, 6) is -0.0609. The fourth-order valence-corrected chi connectivity index (χ4v) is 4.97. The molecule has 6 heteroatoms. The van der Waals surface area contributed by atoms with Gasteiger partial charge >= 0.3 is 0 Å². The Morgan fingerprint density at radius 2 is 1.63 bits per heavy atom. The molecule has 0 radical (unpaired) electrons. The summed E-state index contributed by atoms with van der Waals surface area (Å²) in [5, 5.41) is 0. The minimum atomic E-state index is -3.70. The van der Waals surface area contributed by atoms with Gasteiger partial charge in [-0.2, -0.15) is 0 Å². The first kappa shape index (κ1) is 20.2. The summed E-state index contributed by atoms with van der Waals surface area (Å²) in [6.45, 7) is 0.719. The minimum Gasteiger partial charge on any atom is -0.335 e. The Labute approximate surface area is 177 Å². The van der Waals surface area contributed by atoms with E-state index < -0.39 is 10.0 Å². The van der Waals surface area contributed by atoms with Crippen molar-refractivity contribution in [1.29, 1.82) is 0 Å². The van der Waals surface area contributed by atoms with E-state index in [4.69, 9.17) is 0 Å². The molecule has 0 saturated carbocycles. The van der Waals surface area contributed by atoms with Gasteiger partial charge in [0.1, 0.15) is 0 Å². The zero-order valence-electron chi connectivity index (χ0n) is 16.6. The van der Waals surface area contributed by atoms with Gasteiger partial charge in [-0.1, -0.05) is 54.6 Å². The first-order valence-electron chi connectivity index (χ1n) is 10.1. The Kier molecular flexibility index (Phi) is 5.86. The molecule has 1 heterocycles. The smallest absolute Gasteiger partial charge is 0.261 e. The average Bonchev–Trinajstić information content (AvgIpc) is 3.22. The largest absolute Gasteiger partial charge is 0.335 e. The molecule has 30 heavy (non-hydrogen) atoms. The van der Waals surface area contributed by atoms with Crippen LogP contribution in [-0.2, 0) is 16.4 Å². The van der Waals surface area contributed by atoms with Crippen LogP contribution in [0.1, 0.15) is 28.8 Å². The quantitative estimate of drug-likeness (QED) is 0.645. The fourth-order valence-electron chi connectivity index (χ4n) is 3.90. The highest BCUT2D eigenvalue weighted by Crippen LogP contribution is 2.25. The van der Waals surface area contributed by atoms with Crippen LogP contribution >= 0.6 is 0 Å². The van der Waals surface area contributed by atoms with Crippen LogP contribution in [0.5, 0.6) is 0 Å². The van der Waals surface area contributed by atoms with E-state index in [9.17, 15) is 13.2 Å². The van der Waals surface area contributed by atoms with Crippen molar-refractivity contribution in [3.05, 3.63) is 96.1 Å². The lowest BCUT2D eigenvalue weighted by Crippen LogP contribution is -2.36. The summed E-state index contributed by atoms with van der Waals surface area (Å²) in [7, 11) is -3.70. The Balaban J connectivity index is 1.51. The summed E-state index contributed by atoms with van der Waals surface area (Å²) in [6, 6.07) is 25.2. The predicted octanol–water partition coefficient (Wildman–Crippen LogP) is 4.33. The molecule has 0 spiro atoms. The number of carbonyl (C=O) groups is 1. The second kappa shape index (κ2) is 8.71. The average molecular weight is 421 g/mol. The normalized spacial score (nSPS) is 16.4. The van der Waals surface area contributed by atoms with Gasteiger partial charge in [-0.3, -0.25) is 9.52 Å². The second-order valence-corrected chi connectivity index (χ2v) is 9.17. The predicted molar refractivity (Wildman–Crippen MR) is 118 cm³/mol. The summed E-state index contributed by atoms with van der Waals surface area (Å²) < 4.78 is 27.7. The third-order valence-corrected chi connectivity index (χ3v) is 6.76. The van der Waals surface area contributed by atoms with Crippen molar-refractivity contribution in [1.82, 2.24) is 4.90 Å². The van der Waals surface area contributed by atoms with E-state index >= 15 is 0 Å². The van der Waals surface area contributed by atoms with Crippen LogP contribution in [0.25, 0.3) is 0 Å². The van der Waals surface area contributed by atoms with Crippen molar-refractivity contribution in [2.24, 2.45) is 0 Å². The molecule has 1 aliphatic heterocycles. The number of likely N-dealkylation sites (tertiary alicyclic amines) is 1. The van der Waals surface area contributed by atoms with Crippen LogP contribution in [0.4, 0.5) is 5.69 Å². The van der Waals surface area contributed by atoms with Crippen molar-refractivity contribution < 1.29 is 13.2 Å². The lowest BCUT2D eigenvalue weighted by Gasteiger charge is -2.25. The topological polar surface area (TPSA) is 66.5 Å². The van der Waals surface area contributed by atoms with Crippen molar-refractivity contribution in [2.75, 3.05) is 11.3 Å². The van der Waals surface area contributed by atoms with Crippen molar-refractivity contribution >= 4 is 21.6 Å². The number of nitrogens with zero attached hydrogens (tertiary/aromatic N) is 1. The highest BCUT2D eigenvalue weighted by atomic mass is 32.2. The number of hydrogen-bond acceptors (Lipinski definition) is 3. The molecule has 1 atom stereocenters. The number of carbonyl (C=O) groups excluding carboxylic acids is 1. The Bertz CT molecular complexity index is 1120. The lowest BCUT2D eigenvalue weighted by atomic mass is 10.0. The molecule has 1 saturated heterocycles. The maximum absolute atomic E-state index is 13.2.